The van der Waals surface area contributed by atoms with Gasteiger partial charge in [0.25, 0.3) is 11.7 Å². The first-order chi connectivity index (χ1) is 17.8. The maximum Gasteiger partial charge on any atom is 0.300 e. The largest absolute Gasteiger partial charge is 0.507 e. The summed E-state index contributed by atoms with van der Waals surface area (Å²) >= 11 is 0. The van der Waals surface area contributed by atoms with E-state index in [1.807, 2.05) is 18.9 Å². The Hall–Kier alpha value is -4.40. The second kappa shape index (κ2) is 9.57. The molecule has 190 valence electrons. The number of hydrogen-bond donors (Lipinski definition) is 1. The number of amides is 1. The van der Waals surface area contributed by atoms with Crippen LogP contribution in [0, 0.1) is 11.6 Å². The van der Waals surface area contributed by atoms with Crippen LogP contribution in [0.5, 0.6) is 11.5 Å². The van der Waals surface area contributed by atoms with Crippen LogP contribution in [-0.4, -0.2) is 43.6 Å². The predicted molar refractivity (Wildman–Crippen MR) is 134 cm³/mol. The number of Topliss-reactive ketones (excluding diaryl/α,β-unsaturated/α-hetero) is 1. The molecular formula is C28H24F2N2O5. The van der Waals surface area contributed by atoms with Crippen LogP contribution in [0.2, 0.25) is 0 Å². The minimum absolute atomic E-state index is 0.0227. The van der Waals surface area contributed by atoms with Gasteiger partial charge in [0.15, 0.2) is 11.6 Å². The van der Waals surface area contributed by atoms with E-state index in [9.17, 15) is 23.5 Å². The molecule has 0 radical (unpaired) electrons. The highest BCUT2D eigenvalue weighted by molar-refractivity contribution is 6.51. The van der Waals surface area contributed by atoms with Gasteiger partial charge in [-0.1, -0.05) is 12.1 Å². The number of ether oxygens (including phenoxy) is 2. The Morgan fingerprint density at radius 3 is 2.65 bits per heavy atom. The van der Waals surface area contributed by atoms with Gasteiger partial charge < -0.3 is 19.5 Å². The minimum Gasteiger partial charge on any atom is -0.507 e. The van der Waals surface area contributed by atoms with Crippen molar-refractivity contribution in [2.24, 2.45) is 0 Å². The predicted octanol–water partition coefficient (Wildman–Crippen LogP) is 4.82. The Kier molecular flexibility index (Phi) is 6.29. The van der Waals surface area contributed by atoms with E-state index in [0.717, 1.165) is 22.7 Å². The molecule has 1 atom stereocenters. The summed E-state index contributed by atoms with van der Waals surface area (Å²) in [7, 11) is 1.88. The molecule has 0 spiro atoms. The smallest absolute Gasteiger partial charge is 0.300 e. The number of anilines is 2. The quantitative estimate of drug-likeness (QED) is 0.304. The summed E-state index contributed by atoms with van der Waals surface area (Å²) in [4.78, 5) is 29.7. The molecule has 0 aromatic heterocycles. The number of benzene rings is 3. The average molecular weight is 507 g/mol. The zero-order chi connectivity index (χ0) is 26.3. The van der Waals surface area contributed by atoms with Crippen LogP contribution >= 0.6 is 0 Å². The number of fused-ring (bicyclic) bond motifs is 1. The molecular weight excluding hydrogens is 482 g/mol. The number of aliphatic hydroxyl groups is 1. The summed E-state index contributed by atoms with van der Waals surface area (Å²) in [6.45, 7) is 3.36. The molecule has 3 aromatic carbocycles. The van der Waals surface area contributed by atoms with Crippen LogP contribution in [0.4, 0.5) is 20.2 Å². The highest BCUT2D eigenvalue weighted by atomic mass is 19.2. The van der Waals surface area contributed by atoms with Crippen LogP contribution in [0.1, 0.15) is 24.1 Å². The molecule has 1 fully saturated rings. The zero-order valence-corrected chi connectivity index (χ0v) is 20.2. The van der Waals surface area contributed by atoms with Gasteiger partial charge >= 0.3 is 0 Å². The standard InChI is InChI=1S/C28H24F2N2O5/c1-3-36-19-6-4-5-16(13-19)25-24(26(33)17-7-10-23-22(14-17)31(2)11-12-37-23)27(34)28(35)32(25)18-8-9-20(29)21(30)15-18/h4-10,13-15,25,33H,3,11-12H2,1-2H3/b26-24-. The SMILES string of the molecule is CCOc1cccc(C2/C(=C(/O)c3ccc4c(c3)N(C)CCO4)C(=O)C(=O)N2c2ccc(F)c(F)c2)c1. The first-order valence-corrected chi connectivity index (χ1v) is 11.8. The van der Waals surface area contributed by atoms with E-state index < -0.39 is 35.1 Å². The van der Waals surface area contributed by atoms with Gasteiger partial charge in [-0.05, 0) is 55.0 Å². The van der Waals surface area contributed by atoms with Gasteiger partial charge in [-0.15, -0.1) is 0 Å². The summed E-state index contributed by atoms with van der Waals surface area (Å²) < 4.78 is 39.1. The number of likely N-dealkylation sites (N-methyl/N-ethyl adjacent to an activating group) is 1. The fraction of sp³-hybridized carbons (Fsp3) is 0.214. The molecule has 2 heterocycles. The Balaban J connectivity index is 1.71. The number of nitrogens with zero attached hydrogens (tertiary/aromatic N) is 2. The molecule has 1 amide bonds. The molecule has 0 aliphatic carbocycles. The second-order valence-corrected chi connectivity index (χ2v) is 8.73. The molecule has 1 unspecified atom stereocenters. The highest BCUT2D eigenvalue weighted by Gasteiger charge is 2.47. The third kappa shape index (κ3) is 4.26. The van der Waals surface area contributed by atoms with Crippen LogP contribution in [-0.2, 0) is 9.59 Å². The van der Waals surface area contributed by atoms with Crippen molar-refractivity contribution in [1.29, 1.82) is 0 Å². The van der Waals surface area contributed by atoms with E-state index in [1.54, 1.807) is 42.5 Å². The van der Waals surface area contributed by atoms with Crippen LogP contribution < -0.4 is 19.3 Å². The molecule has 3 aromatic rings. The summed E-state index contributed by atoms with van der Waals surface area (Å²) in [5.74, 6) is -3.45. The Morgan fingerprint density at radius 2 is 1.89 bits per heavy atom. The number of carbonyl (C=O) groups excluding carboxylic acids is 2. The van der Waals surface area contributed by atoms with Crippen LogP contribution in [0.3, 0.4) is 0 Å². The number of rotatable bonds is 5. The molecule has 2 aliphatic heterocycles. The summed E-state index contributed by atoms with van der Waals surface area (Å²) in [6, 6.07) is 13.5. The maximum atomic E-state index is 14.2. The van der Waals surface area contributed by atoms with Gasteiger partial charge in [0.1, 0.15) is 23.9 Å². The van der Waals surface area contributed by atoms with E-state index in [0.29, 0.717) is 42.4 Å². The third-order valence-corrected chi connectivity index (χ3v) is 6.44. The van der Waals surface area contributed by atoms with Gasteiger partial charge in [-0.25, -0.2) is 8.78 Å². The molecule has 1 N–H and O–H groups in total. The third-order valence-electron chi connectivity index (χ3n) is 6.44. The van der Waals surface area contributed by atoms with Crippen LogP contribution in [0.15, 0.2) is 66.2 Å². The van der Waals surface area contributed by atoms with Gasteiger partial charge in [-0.3, -0.25) is 14.5 Å². The Morgan fingerprint density at radius 1 is 1.08 bits per heavy atom. The van der Waals surface area contributed by atoms with Crippen molar-refractivity contribution in [2.75, 3.05) is 36.6 Å². The molecule has 0 bridgehead atoms. The first-order valence-electron chi connectivity index (χ1n) is 11.8. The Bertz CT molecular complexity index is 1440. The number of carbonyl (C=O) groups is 2. The lowest BCUT2D eigenvalue weighted by atomic mass is 9.94. The minimum atomic E-state index is -1.17. The number of aliphatic hydroxyl groups excluding tert-OH is 1. The van der Waals surface area contributed by atoms with Crippen molar-refractivity contribution in [3.05, 3.63) is 89.0 Å². The molecule has 9 heteroatoms. The van der Waals surface area contributed by atoms with Crippen molar-refractivity contribution >= 4 is 28.8 Å². The van der Waals surface area contributed by atoms with Crippen molar-refractivity contribution in [2.45, 2.75) is 13.0 Å². The van der Waals surface area contributed by atoms with Gasteiger partial charge in [0.2, 0.25) is 0 Å². The number of ketones is 1. The van der Waals surface area contributed by atoms with Crippen LogP contribution in [0.25, 0.3) is 5.76 Å². The van der Waals surface area contributed by atoms with Gasteiger partial charge in [-0.2, -0.15) is 0 Å². The van der Waals surface area contributed by atoms with Crippen molar-refractivity contribution < 1.29 is 33.0 Å². The van der Waals surface area contributed by atoms with Gasteiger partial charge in [0.05, 0.1) is 30.5 Å². The van der Waals surface area contributed by atoms with Crippen molar-refractivity contribution in [3.63, 3.8) is 0 Å². The monoisotopic (exact) mass is 506 g/mol. The lowest BCUT2D eigenvalue weighted by Gasteiger charge is -2.28. The lowest BCUT2D eigenvalue weighted by Crippen LogP contribution is -2.29. The zero-order valence-electron chi connectivity index (χ0n) is 20.2. The fourth-order valence-electron chi connectivity index (χ4n) is 4.64. The first kappa shape index (κ1) is 24.3. The van der Waals surface area contributed by atoms with E-state index in [1.165, 1.54) is 6.07 Å². The molecule has 2 aliphatic rings. The second-order valence-electron chi connectivity index (χ2n) is 8.73. The van der Waals surface area contributed by atoms with E-state index >= 15 is 0 Å². The van der Waals surface area contributed by atoms with Gasteiger partial charge in [0, 0.05) is 24.4 Å². The molecule has 1 saturated heterocycles. The number of hydrogen-bond acceptors (Lipinski definition) is 6. The van der Waals surface area contributed by atoms with E-state index in [4.69, 9.17) is 9.47 Å². The molecule has 37 heavy (non-hydrogen) atoms. The lowest BCUT2D eigenvalue weighted by molar-refractivity contribution is -0.132. The topological polar surface area (TPSA) is 79.3 Å². The number of halogens is 2. The summed E-state index contributed by atoms with van der Waals surface area (Å²) in [6.07, 6.45) is 0. The van der Waals surface area contributed by atoms with E-state index in [2.05, 4.69) is 0 Å². The Labute approximate surface area is 212 Å². The molecule has 0 saturated carbocycles. The molecule has 5 rings (SSSR count). The van der Waals surface area contributed by atoms with Crippen molar-refractivity contribution in [1.82, 2.24) is 0 Å². The normalized spacial score (nSPS) is 18.5. The average Bonchev–Trinajstić information content (AvgIpc) is 3.16. The molecule has 7 nitrogen and oxygen atoms in total. The summed E-state index contributed by atoms with van der Waals surface area (Å²) in [5.41, 5.74) is 1.29. The summed E-state index contributed by atoms with van der Waals surface area (Å²) in [5, 5.41) is 11.4. The highest BCUT2D eigenvalue weighted by Crippen LogP contribution is 2.44. The van der Waals surface area contributed by atoms with Crippen molar-refractivity contribution in [3.8, 4) is 11.5 Å². The fourth-order valence-corrected chi connectivity index (χ4v) is 4.64. The maximum absolute atomic E-state index is 14.2. The van der Waals surface area contributed by atoms with E-state index in [-0.39, 0.29) is 11.3 Å².